The summed E-state index contributed by atoms with van der Waals surface area (Å²) in [5.41, 5.74) is 1.64. The van der Waals surface area contributed by atoms with Gasteiger partial charge >= 0.3 is 0 Å². The van der Waals surface area contributed by atoms with Crippen molar-refractivity contribution < 1.29 is 21.6 Å². The van der Waals surface area contributed by atoms with Crippen molar-refractivity contribution in [3.8, 4) is 0 Å². The van der Waals surface area contributed by atoms with Crippen molar-refractivity contribution in [3.05, 3.63) is 59.3 Å². The molecule has 0 atom stereocenters. The molecule has 0 saturated heterocycles. The number of aldehydes is 1. The van der Waals surface area contributed by atoms with Crippen LogP contribution in [0.5, 0.6) is 0 Å². The largest absolute Gasteiger partial charge is 0.298 e. The summed E-state index contributed by atoms with van der Waals surface area (Å²) in [6, 6.07) is 9.21. The van der Waals surface area contributed by atoms with Crippen LogP contribution in [0.3, 0.4) is 0 Å². The summed E-state index contributed by atoms with van der Waals surface area (Å²) in [7, 11) is -7.52. The van der Waals surface area contributed by atoms with E-state index in [9.17, 15) is 21.6 Å². The minimum Gasteiger partial charge on any atom is -0.298 e. The highest BCUT2D eigenvalue weighted by Crippen LogP contribution is 2.31. The van der Waals surface area contributed by atoms with Crippen molar-refractivity contribution in [2.24, 2.45) is 0 Å². The van der Waals surface area contributed by atoms with E-state index in [4.69, 9.17) is 0 Å². The van der Waals surface area contributed by atoms with E-state index in [2.05, 4.69) is 0 Å². The smallest absolute Gasteiger partial charge is 0.268 e. The van der Waals surface area contributed by atoms with Crippen LogP contribution in [0.2, 0.25) is 0 Å². The lowest BCUT2D eigenvalue weighted by Crippen LogP contribution is -2.13. The molecule has 0 bridgehead atoms. The highest BCUT2D eigenvalue weighted by Gasteiger charge is 2.24. The molecule has 0 aliphatic carbocycles. The number of aryl methyl sites for hydroxylation is 2. The lowest BCUT2D eigenvalue weighted by molar-refractivity contribution is 0.112. The summed E-state index contributed by atoms with van der Waals surface area (Å²) < 4.78 is 51.1. The van der Waals surface area contributed by atoms with Gasteiger partial charge in [0.25, 0.3) is 10.0 Å². The third-order valence-electron chi connectivity index (χ3n) is 4.22. The topological polar surface area (TPSA) is 90.3 Å². The van der Waals surface area contributed by atoms with Gasteiger partial charge in [-0.15, -0.1) is 0 Å². The van der Waals surface area contributed by atoms with Crippen LogP contribution in [-0.2, 0) is 19.9 Å². The van der Waals surface area contributed by atoms with Gasteiger partial charge in [-0.25, -0.2) is 20.8 Å². The summed E-state index contributed by atoms with van der Waals surface area (Å²) in [6.45, 7) is 3.47. The second-order valence-corrected chi connectivity index (χ2v) is 9.99. The maximum Gasteiger partial charge on any atom is 0.268 e. The zero-order valence-electron chi connectivity index (χ0n) is 14.4. The fraction of sp³-hybridized carbons (Fsp3) is 0.167. The fourth-order valence-electron chi connectivity index (χ4n) is 2.95. The Morgan fingerprint density at radius 3 is 2.12 bits per heavy atom. The molecule has 136 valence electrons. The predicted octanol–water partition coefficient (Wildman–Crippen LogP) is 2.71. The molecule has 0 radical (unpaired) electrons. The van der Waals surface area contributed by atoms with Gasteiger partial charge in [0, 0.05) is 23.4 Å². The van der Waals surface area contributed by atoms with E-state index in [1.807, 2.05) is 6.92 Å². The van der Waals surface area contributed by atoms with Gasteiger partial charge in [-0.2, -0.15) is 0 Å². The second kappa shape index (κ2) is 6.07. The molecule has 0 saturated carbocycles. The van der Waals surface area contributed by atoms with Gasteiger partial charge in [0.05, 0.1) is 15.3 Å². The van der Waals surface area contributed by atoms with Crippen molar-refractivity contribution in [1.82, 2.24) is 3.97 Å². The molecule has 3 rings (SSSR count). The van der Waals surface area contributed by atoms with E-state index < -0.39 is 19.9 Å². The van der Waals surface area contributed by atoms with Gasteiger partial charge < -0.3 is 0 Å². The Labute approximate surface area is 152 Å². The van der Waals surface area contributed by atoms with Crippen LogP contribution in [0.15, 0.2) is 52.4 Å². The SMILES string of the molecule is Cc1ccc(S(=O)(=O)n2ccc3c(C=O)c(S(C)(=O)=O)cc(C)c32)cc1. The molecule has 0 amide bonds. The van der Waals surface area contributed by atoms with Gasteiger partial charge in [-0.05, 0) is 43.7 Å². The number of aromatic nitrogens is 1. The maximum absolute atomic E-state index is 13.0. The van der Waals surface area contributed by atoms with Crippen LogP contribution in [0.4, 0.5) is 0 Å². The molecule has 3 aromatic rings. The fourth-order valence-corrected chi connectivity index (χ4v) is 5.31. The van der Waals surface area contributed by atoms with Crippen molar-refractivity contribution in [3.63, 3.8) is 0 Å². The molecular weight excluding hydrogens is 374 g/mol. The average molecular weight is 391 g/mol. The standard InChI is InChI=1S/C18H17NO5S2/c1-12-4-6-14(7-5-12)26(23,24)19-9-8-15-16(11-20)17(25(3,21)22)10-13(2)18(15)19/h4-11H,1-3H3. The Kier molecular flexibility index (Phi) is 4.28. The van der Waals surface area contributed by atoms with E-state index in [1.54, 1.807) is 19.1 Å². The average Bonchev–Trinajstić information content (AvgIpc) is 3.01. The van der Waals surface area contributed by atoms with Crippen molar-refractivity contribution in [2.75, 3.05) is 6.26 Å². The lowest BCUT2D eigenvalue weighted by atomic mass is 10.1. The first-order valence-corrected chi connectivity index (χ1v) is 11.0. The first kappa shape index (κ1) is 18.3. The minimum atomic E-state index is -3.88. The van der Waals surface area contributed by atoms with Crippen molar-refractivity contribution in [2.45, 2.75) is 23.6 Å². The van der Waals surface area contributed by atoms with Crippen LogP contribution in [0, 0.1) is 13.8 Å². The molecule has 0 spiro atoms. The van der Waals surface area contributed by atoms with Crippen molar-refractivity contribution in [1.29, 1.82) is 0 Å². The second-order valence-electron chi connectivity index (χ2n) is 6.19. The van der Waals surface area contributed by atoms with Crippen LogP contribution >= 0.6 is 0 Å². The number of fused-ring (bicyclic) bond motifs is 1. The van der Waals surface area contributed by atoms with Crippen LogP contribution < -0.4 is 0 Å². The Balaban J connectivity index is 2.37. The quantitative estimate of drug-likeness (QED) is 0.638. The molecule has 0 N–H and O–H groups in total. The Morgan fingerprint density at radius 1 is 0.962 bits per heavy atom. The first-order chi connectivity index (χ1) is 12.1. The first-order valence-electron chi connectivity index (χ1n) is 7.69. The van der Waals surface area contributed by atoms with E-state index in [0.717, 1.165) is 15.8 Å². The Hall–Kier alpha value is -2.45. The molecule has 26 heavy (non-hydrogen) atoms. The third-order valence-corrected chi connectivity index (χ3v) is 7.05. The summed E-state index contributed by atoms with van der Waals surface area (Å²) in [4.78, 5) is 11.5. The third kappa shape index (κ3) is 2.85. The van der Waals surface area contributed by atoms with E-state index >= 15 is 0 Å². The minimum absolute atomic E-state index is 0.0362. The summed E-state index contributed by atoms with van der Waals surface area (Å²) in [6.07, 6.45) is 2.80. The lowest BCUT2D eigenvalue weighted by Gasteiger charge is -2.12. The van der Waals surface area contributed by atoms with Gasteiger partial charge in [-0.3, -0.25) is 4.79 Å². The monoisotopic (exact) mass is 391 g/mol. The van der Waals surface area contributed by atoms with Gasteiger partial charge in [0.1, 0.15) is 0 Å². The molecule has 1 aromatic heterocycles. The molecule has 0 aliphatic rings. The number of carbonyl (C=O) groups is 1. The highest BCUT2D eigenvalue weighted by atomic mass is 32.2. The van der Waals surface area contributed by atoms with Crippen LogP contribution in [0.1, 0.15) is 21.5 Å². The van der Waals surface area contributed by atoms with Gasteiger partial charge in [0.15, 0.2) is 16.1 Å². The molecule has 0 aliphatic heterocycles. The Bertz CT molecular complexity index is 1230. The molecule has 8 heteroatoms. The van der Waals surface area contributed by atoms with E-state index in [0.29, 0.717) is 17.4 Å². The van der Waals surface area contributed by atoms with Crippen LogP contribution in [0.25, 0.3) is 10.9 Å². The normalized spacial score (nSPS) is 12.4. The number of hydrogen-bond donors (Lipinski definition) is 0. The highest BCUT2D eigenvalue weighted by molar-refractivity contribution is 7.91. The number of rotatable bonds is 4. The number of sulfone groups is 1. The van der Waals surface area contributed by atoms with Crippen LogP contribution in [-0.4, -0.2) is 33.3 Å². The molecule has 2 aromatic carbocycles. The Morgan fingerprint density at radius 2 is 1.58 bits per heavy atom. The molecule has 6 nitrogen and oxygen atoms in total. The summed E-state index contributed by atoms with van der Waals surface area (Å²) in [5, 5.41) is 0.288. The van der Waals surface area contributed by atoms with E-state index in [1.165, 1.54) is 30.5 Å². The maximum atomic E-state index is 13.0. The molecule has 1 heterocycles. The number of hydrogen-bond acceptors (Lipinski definition) is 5. The molecule has 0 unspecified atom stereocenters. The number of nitrogens with zero attached hydrogens (tertiary/aromatic N) is 1. The summed E-state index contributed by atoms with van der Waals surface area (Å²) >= 11 is 0. The number of benzene rings is 2. The zero-order valence-corrected chi connectivity index (χ0v) is 16.1. The van der Waals surface area contributed by atoms with Crippen molar-refractivity contribution >= 4 is 37.0 Å². The molecular formula is C18H17NO5S2. The molecule has 0 fully saturated rings. The predicted molar refractivity (Wildman–Crippen MR) is 98.9 cm³/mol. The van der Waals surface area contributed by atoms with Gasteiger partial charge in [0.2, 0.25) is 0 Å². The zero-order chi connectivity index (χ0) is 19.3. The van der Waals surface area contributed by atoms with E-state index in [-0.39, 0.29) is 20.7 Å². The van der Waals surface area contributed by atoms with Gasteiger partial charge in [-0.1, -0.05) is 17.7 Å². The number of carbonyl (C=O) groups excluding carboxylic acids is 1. The summed E-state index contributed by atoms with van der Waals surface area (Å²) in [5.74, 6) is 0.